The molecule has 1 atom stereocenters. The first kappa shape index (κ1) is 15.4. The highest BCUT2D eigenvalue weighted by molar-refractivity contribution is 9.10. The molecule has 1 unspecified atom stereocenters. The molecule has 108 valence electrons. The summed E-state index contributed by atoms with van der Waals surface area (Å²) in [7, 11) is 1.60. The van der Waals surface area contributed by atoms with Gasteiger partial charge < -0.3 is 10.5 Å². The van der Waals surface area contributed by atoms with Gasteiger partial charge in [-0.3, -0.25) is 4.68 Å². The molecule has 0 aliphatic rings. The molecule has 2 N–H and O–H groups in total. The largest absolute Gasteiger partial charge is 0.383 e. The van der Waals surface area contributed by atoms with Crippen molar-refractivity contribution in [3.8, 4) is 0 Å². The molecule has 7 heteroatoms. The molecule has 0 saturated heterocycles. The summed E-state index contributed by atoms with van der Waals surface area (Å²) < 4.78 is 21.3. The second kappa shape index (κ2) is 6.67. The Morgan fingerprint density at radius 2 is 2.30 bits per heavy atom. The van der Waals surface area contributed by atoms with Crippen LogP contribution < -0.4 is 5.73 Å². The fraction of sp³-hybridized carbons (Fsp3) is 0.308. The highest BCUT2D eigenvalue weighted by Gasteiger charge is 2.21. The molecule has 0 aliphatic heterocycles. The van der Waals surface area contributed by atoms with Crippen molar-refractivity contribution in [3.63, 3.8) is 0 Å². The van der Waals surface area contributed by atoms with Crippen LogP contribution in [0.1, 0.15) is 17.3 Å². The molecular weight excluding hydrogens is 349 g/mol. The van der Waals surface area contributed by atoms with Crippen LogP contribution in [0.4, 0.5) is 4.39 Å². The number of hydrogen-bond acceptors (Lipinski definition) is 3. The van der Waals surface area contributed by atoms with E-state index in [1.54, 1.807) is 23.9 Å². The predicted octanol–water partition coefficient (Wildman–Crippen LogP) is 3.13. The first-order chi connectivity index (χ1) is 9.54. The first-order valence-corrected chi connectivity index (χ1v) is 7.12. The number of halogens is 3. The molecule has 2 rings (SSSR count). The monoisotopic (exact) mass is 361 g/mol. The van der Waals surface area contributed by atoms with E-state index in [2.05, 4.69) is 21.0 Å². The minimum Gasteiger partial charge on any atom is -0.383 e. The normalized spacial score (nSPS) is 12.7. The Kier molecular flexibility index (Phi) is 5.15. The third kappa shape index (κ3) is 3.20. The molecular formula is C13H14BrClFN3O. The van der Waals surface area contributed by atoms with Crippen molar-refractivity contribution in [2.75, 3.05) is 13.7 Å². The van der Waals surface area contributed by atoms with Crippen LogP contribution in [0.5, 0.6) is 0 Å². The predicted molar refractivity (Wildman–Crippen MR) is 79.2 cm³/mol. The Morgan fingerprint density at radius 1 is 1.55 bits per heavy atom. The zero-order valence-corrected chi connectivity index (χ0v) is 13.2. The summed E-state index contributed by atoms with van der Waals surface area (Å²) in [5, 5.41) is 4.55. The smallest absolute Gasteiger partial charge is 0.129 e. The fourth-order valence-electron chi connectivity index (χ4n) is 1.94. The summed E-state index contributed by atoms with van der Waals surface area (Å²) in [4.78, 5) is 0. The Hall–Kier alpha value is -0.950. The van der Waals surface area contributed by atoms with Crippen LogP contribution in [0, 0.1) is 5.82 Å². The summed E-state index contributed by atoms with van der Waals surface area (Å²) in [6.07, 6.45) is 1.50. The topological polar surface area (TPSA) is 53.1 Å². The Labute approximate surface area is 129 Å². The van der Waals surface area contributed by atoms with Crippen molar-refractivity contribution < 1.29 is 9.13 Å². The molecule has 0 spiro atoms. The van der Waals surface area contributed by atoms with Gasteiger partial charge in [-0.2, -0.15) is 5.10 Å². The molecule has 0 amide bonds. The van der Waals surface area contributed by atoms with E-state index in [9.17, 15) is 4.39 Å². The van der Waals surface area contributed by atoms with E-state index >= 15 is 0 Å². The molecule has 0 radical (unpaired) electrons. The molecule has 4 nitrogen and oxygen atoms in total. The van der Waals surface area contributed by atoms with E-state index in [1.165, 1.54) is 12.3 Å². The third-order valence-corrected chi connectivity index (χ3v) is 3.72. The standard InChI is InChI=1S/C13H14BrClFN3O/c1-20-5-4-19-13(10(15)7-18-19)12(17)9-3-2-8(14)6-11(9)16/h2-3,6-7,12H,4-5,17H2,1H3. The van der Waals surface area contributed by atoms with Gasteiger partial charge in [0, 0.05) is 17.1 Å². The van der Waals surface area contributed by atoms with Crippen LogP contribution in [-0.2, 0) is 11.3 Å². The van der Waals surface area contributed by atoms with Crippen LogP contribution in [0.3, 0.4) is 0 Å². The fourth-order valence-corrected chi connectivity index (χ4v) is 2.53. The van der Waals surface area contributed by atoms with Gasteiger partial charge in [0.1, 0.15) is 5.82 Å². The molecule has 1 heterocycles. The van der Waals surface area contributed by atoms with E-state index in [-0.39, 0.29) is 5.82 Å². The molecule has 1 aromatic carbocycles. The van der Waals surface area contributed by atoms with Crippen molar-refractivity contribution in [2.45, 2.75) is 12.6 Å². The Morgan fingerprint density at radius 3 is 2.95 bits per heavy atom. The Balaban J connectivity index is 2.37. The van der Waals surface area contributed by atoms with Gasteiger partial charge in [0.25, 0.3) is 0 Å². The minimum absolute atomic E-state index is 0.370. The summed E-state index contributed by atoms with van der Waals surface area (Å²) in [5.74, 6) is -0.387. The summed E-state index contributed by atoms with van der Waals surface area (Å²) in [6, 6.07) is 4.06. The third-order valence-electron chi connectivity index (χ3n) is 2.93. The zero-order chi connectivity index (χ0) is 14.7. The molecule has 2 aromatic rings. The van der Waals surface area contributed by atoms with Gasteiger partial charge in [0.05, 0.1) is 36.1 Å². The van der Waals surface area contributed by atoms with E-state index in [0.29, 0.717) is 33.9 Å². The van der Waals surface area contributed by atoms with Crippen LogP contribution in [0.25, 0.3) is 0 Å². The number of ether oxygens (including phenoxy) is 1. The van der Waals surface area contributed by atoms with Crippen molar-refractivity contribution in [3.05, 3.63) is 51.0 Å². The summed E-state index contributed by atoms with van der Waals surface area (Å²) >= 11 is 9.33. The number of nitrogens with zero attached hydrogens (tertiary/aromatic N) is 2. The SMILES string of the molecule is COCCn1ncc(Cl)c1C(N)c1ccc(Br)cc1F. The van der Waals surface area contributed by atoms with Gasteiger partial charge in [-0.15, -0.1) is 0 Å². The van der Waals surface area contributed by atoms with Crippen molar-refractivity contribution >= 4 is 27.5 Å². The van der Waals surface area contributed by atoms with Gasteiger partial charge in [-0.05, 0) is 12.1 Å². The molecule has 0 bridgehead atoms. The lowest BCUT2D eigenvalue weighted by Crippen LogP contribution is -2.20. The zero-order valence-electron chi connectivity index (χ0n) is 10.8. The number of methoxy groups -OCH3 is 1. The highest BCUT2D eigenvalue weighted by Crippen LogP contribution is 2.29. The Bertz CT molecular complexity index is 605. The lowest BCUT2D eigenvalue weighted by molar-refractivity contribution is 0.182. The van der Waals surface area contributed by atoms with Gasteiger partial charge in [0.15, 0.2) is 0 Å². The van der Waals surface area contributed by atoms with Gasteiger partial charge in [-0.25, -0.2) is 4.39 Å². The van der Waals surface area contributed by atoms with E-state index in [4.69, 9.17) is 22.1 Å². The highest BCUT2D eigenvalue weighted by atomic mass is 79.9. The van der Waals surface area contributed by atoms with E-state index in [1.807, 2.05) is 0 Å². The molecule has 1 aromatic heterocycles. The number of rotatable bonds is 5. The number of nitrogens with two attached hydrogens (primary N) is 1. The molecule has 20 heavy (non-hydrogen) atoms. The maximum Gasteiger partial charge on any atom is 0.129 e. The average Bonchev–Trinajstić information content (AvgIpc) is 2.77. The maximum atomic E-state index is 14.0. The van der Waals surface area contributed by atoms with Gasteiger partial charge >= 0.3 is 0 Å². The molecule has 0 fully saturated rings. The minimum atomic E-state index is -0.685. The molecule has 0 saturated carbocycles. The van der Waals surface area contributed by atoms with Crippen molar-refractivity contribution in [1.29, 1.82) is 0 Å². The number of benzene rings is 1. The summed E-state index contributed by atoms with van der Waals surface area (Å²) in [5.41, 5.74) is 7.09. The first-order valence-electron chi connectivity index (χ1n) is 5.95. The second-order valence-electron chi connectivity index (χ2n) is 4.24. The lowest BCUT2D eigenvalue weighted by atomic mass is 10.0. The van der Waals surface area contributed by atoms with E-state index < -0.39 is 6.04 Å². The van der Waals surface area contributed by atoms with Crippen LogP contribution in [0.2, 0.25) is 5.02 Å². The lowest BCUT2D eigenvalue weighted by Gasteiger charge is -2.16. The van der Waals surface area contributed by atoms with Crippen molar-refractivity contribution in [2.24, 2.45) is 5.73 Å². The van der Waals surface area contributed by atoms with Gasteiger partial charge in [0.2, 0.25) is 0 Å². The number of hydrogen-bond donors (Lipinski definition) is 1. The average molecular weight is 363 g/mol. The van der Waals surface area contributed by atoms with Gasteiger partial charge in [-0.1, -0.05) is 33.6 Å². The van der Waals surface area contributed by atoms with Crippen LogP contribution in [0.15, 0.2) is 28.9 Å². The van der Waals surface area contributed by atoms with E-state index in [0.717, 1.165) is 0 Å². The van der Waals surface area contributed by atoms with Crippen molar-refractivity contribution in [1.82, 2.24) is 9.78 Å². The summed E-state index contributed by atoms with van der Waals surface area (Å²) in [6.45, 7) is 0.977. The quantitative estimate of drug-likeness (QED) is 0.889. The second-order valence-corrected chi connectivity index (χ2v) is 5.56. The van der Waals surface area contributed by atoms with Crippen LogP contribution >= 0.6 is 27.5 Å². The number of aromatic nitrogens is 2. The molecule has 0 aliphatic carbocycles. The van der Waals surface area contributed by atoms with Crippen LogP contribution in [-0.4, -0.2) is 23.5 Å². The maximum absolute atomic E-state index is 14.0.